The smallest absolute Gasteiger partial charge is 0.252 e. The minimum absolute atomic E-state index is 0.0297. The van der Waals surface area contributed by atoms with Crippen molar-refractivity contribution in [3.05, 3.63) is 100 Å². The van der Waals surface area contributed by atoms with Crippen LogP contribution in [0.3, 0.4) is 0 Å². The summed E-state index contributed by atoms with van der Waals surface area (Å²) in [5.41, 5.74) is 4.69. The summed E-state index contributed by atoms with van der Waals surface area (Å²) in [5, 5.41) is 0. The van der Waals surface area contributed by atoms with Crippen LogP contribution in [0.2, 0.25) is 0 Å². The summed E-state index contributed by atoms with van der Waals surface area (Å²) >= 11 is 0. The van der Waals surface area contributed by atoms with E-state index in [9.17, 15) is 4.79 Å². The van der Waals surface area contributed by atoms with Gasteiger partial charge in [0.1, 0.15) is 0 Å². The summed E-state index contributed by atoms with van der Waals surface area (Å²) in [7, 11) is 0. The maximum atomic E-state index is 11.9. The van der Waals surface area contributed by atoms with E-state index < -0.39 is 0 Å². The molecule has 0 atom stereocenters. The zero-order valence-corrected chi connectivity index (χ0v) is 16.1. The van der Waals surface area contributed by atoms with E-state index in [2.05, 4.69) is 76.6 Å². The van der Waals surface area contributed by atoms with Crippen LogP contribution in [0.25, 0.3) is 17.2 Å². The Bertz CT molecular complexity index is 982. The van der Waals surface area contributed by atoms with Crippen LogP contribution in [0.15, 0.2) is 83.8 Å². The van der Waals surface area contributed by atoms with Crippen LogP contribution in [-0.4, -0.2) is 23.0 Å². The van der Waals surface area contributed by atoms with E-state index in [1.807, 2.05) is 12.1 Å². The molecule has 1 fully saturated rings. The topological polar surface area (TPSA) is 36.1 Å². The second-order valence-electron chi connectivity index (χ2n) is 7.45. The zero-order valence-electron chi connectivity index (χ0n) is 16.1. The molecule has 2 heterocycles. The monoisotopic (exact) mass is 370 g/mol. The van der Waals surface area contributed by atoms with Crippen molar-refractivity contribution < 1.29 is 0 Å². The van der Waals surface area contributed by atoms with Gasteiger partial charge < -0.3 is 4.98 Å². The Balaban J connectivity index is 1.39. The molecule has 0 bridgehead atoms. The van der Waals surface area contributed by atoms with Gasteiger partial charge in [-0.3, -0.25) is 9.69 Å². The van der Waals surface area contributed by atoms with Crippen molar-refractivity contribution >= 4 is 6.08 Å². The third kappa shape index (κ3) is 4.49. The van der Waals surface area contributed by atoms with Crippen LogP contribution in [0.4, 0.5) is 0 Å². The number of H-pyrrole nitrogens is 1. The fraction of sp³-hybridized carbons (Fsp3) is 0.240. The molecular formula is C25H26N2O. The zero-order chi connectivity index (χ0) is 19.2. The minimum atomic E-state index is 0.0297. The van der Waals surface area contributed by atoms with Crippen LogP contribution in [0.1, 0.15) is 24.0 Å². The normalized spacial score (nSPS) is 15.9. The number of piperidine rings is 1. The maximum Gasteiger partial charge on any atom is 0.252 e. The standard InChI is InChI=1S/C25H26N2O/c28-25-23(10-6-16-26-25)19-27-17-14-20(15-18-27)12-13-22-9-4-5-11-24(22)21-7-2-1-3-8-21/h1-13,16,20H,14-15,17-19H2,(H,26,28). The van der Waals surface area contributed by atoms with Gasteiger partial charge in [-0.1, -0.05) is 72.8 Å². The average molecular weight is 370 g/mol. The summed E-state index contributed by atoms with van der Waals surface area (Å²) in [4.78, 5) is 17.0. The maximum absolute atomic E-state index is 11.9. The molecule has 0 aliphatic carbocycles. The number of benzene rings is 2. The molecule has 2 aromatic carbocycles. The Kier molecular flexibility index (Phi) is 5.83. The fourth-order valence-corrected chi connectivity index (χ4v) is 3.89. The number of likely N-dealkylation sites (tertiary alicyclic amines) is 1. The molecule has 3 nitrogen and oxygen atoms in total. The molecule has 0 spiro atoms. The predicted molar refractivity (Wildman–Crippen MR) is 116 cm³/mol. The Labute approximate surface area is 166 Å². The van der Waals surface area contributed by atoms with Crippen molar-refractivity contribution in [2.24, 2.45) is 5.92 Å². The summed E-state index contributed by atoms with van der Waals surface area (Å²) in [6, 6.07) is 23.0. The summed E-state index contributed by atoms with van der Waals surface area (Å²) < 4.78 is 0. The molecule has 142 valence electrons. The molecule has 1 aliphatic rings. The fourth-order valence-electron chi connectivity index (χ4n) is 3.89. The number of hydrogen-bond donors (Lipinski definition) is 1. The quantitative estimate of drug-likeness (QED) is 0.688. The first kappa shape index (κ1) is 18.5. The number of hydrogen-bond acceptors (Lipinski definition) is 2. The van der Waals surface area contributed by atoms with Crippen molar-refractivity contribution in [1.82, 2.24) is 9.88 Å². The first-order chi connectivity index (χ1) is 13.8. The largest absolute Gasteiger partial charge is 0.329 e. The lowest BCUT2D eigenvalue weighted by atomic mass is 9.93. The number of nitrogens with one attached hydrogen (secondary N) is 1. The molecule has 3 aromatic rings. The summed E-state index contributed by atoms with van der Waals surface area (Å²) in [6.07, 6.45) is 8.61. The number of aromatic nitrogens is 1. The first-order valence-electron chi connectivity index (χ1n) is 10.0. The van der Waals surface area contributed by atoms with E-state index in [1.165, 1.54) is 16.7 Å². The van der Waals surface area contributed by atoms with Gasteiger partial charge in [-0.15, -0.1) is 0 Å². The van der Waals surface area contributed by atoms with Gasteiger partial charge in [-0.05, 0) is 54.6 Å². The summed E-state index contributed by atoms with van der Waals surface area (Å²) in [5.74, 6) is 0.592. The molecule has 0 unspecified atom stereocenters. The van der Waals surface area contributed by atoms with E-state index in [0.717, 1.165) is 38.0 Å². The highest BCUT2D eigenvalue weighted by Crippen LogP contribution is 2.26. The Morgan fingerprint density at radius 1 is 0.929 bits per heavy atom. The number of aromatic amines is 1. The van der Waals surface area contributed by atoms with E-state index in [-0.39, 0.29) is 5.56 Å². The molecule has 0 radical (unpaired) electrons. The Hall–Kier alpha value is -2.91. The van der Waals surface area contributed by atoms with Crippen LogP contribution in [0, 0.1) is 5.92 Å². The molecule has 0 saturated carbocycles. The SMILES string of the molecule is O=c1[nH]cccc1CN1CCC(C=Cc2ccccc2-c2ccccc2)CC1. The Morgan fingerprint density at radius 3 is 2.46 bits per heavy atom. The molecule has 1 aromatic heterocycles. The molecule has 0 amide bonds. The van der Waals surface area contributed by atoms with Crippen molar-refractivity contribution in [2.75, 3.05) is 13.1 Å². The van der Waals surface area contributed by atoms with E-state index in [0.29, 0.717) is 5.92 Å². The van der Waals surface area contributed by atoms with Crippen LogP contribution >= 0.6 is 0 Å². The third-order valence-electron chi connectivity index (χ3n) is 5.52. The van der Waals surface area contributed by atoms with Gasteiger partial charge in [-0.25, -0.2) is 0 Å². The average Bonchev–Trinajstić information content (AvgIpc) is 2.76. The van der Waals surface area contributed by atoms with Gasteiger partial charge in [0.15, 0.2) is 0 Å². The Morgan fingerprint density at radius 2 is 1.68 bits per heavy atom. The van der Waals surface area contributed by atoms with Gasteiger partial charge in [0.25, 0.3) is 5.56 Å². The van der Waals surface area contributed by atoms with Crippen LogP contribution in [-0.2, 0) is 6.54 Å². The van der Waals surface area contributed by atoms with Crippen molar-refractivity contribution in [1.29, 1.82) is 0 Å². The van der Waals surface area contributed by atoms with Gasteiger partial charge in [0, 0.05) is 18.3 Å². The van der Waals surface area contributed by atoms with E-state index in [4.69, 9.17) is 0 Å². The van der Waals surface area contributed by atoms with Crippen molar-refractivity contribution in [3.8, 4) is 11.1 Å². The molecule has 4 rings (SSSR count). The number of rotatable bonds is 5. The van der Waals surface area contributed by atoms with Gasteiger partial charge in [0.05, 0.1) is 0 Å². The van der Waals surface area contributed by atoms with Crippen LogP contribution < -0.4 is 5.56 Å². The molecule has 1 aliphatic heterocycles. The highest BCUT2D eigenvalue weighted by atomic mass is 16.1. The highest BCUT2D eigenvalue weighted by molar-refractivity contribution is 5.75. The van der Waals surface area contributed by atoms with Gasteiger partial charge in [0.2, 0.25) is 0 Å². The summed E-state index contributed by atoms with van der Waals surface area (Å²) in [6.45, 7) is 2.80. The van der Waals surface area contributed by atoms with E-state index >= 15 is 0 Å². The molecule has 3 heteroatoms. The second kappa shape index (κ2) is 8.85. The molecule has 28 heavy (non-hydrogen) atoms. The third-order valence-corrected chi connectivity index (χ3v) is 5.52. The van der Waals surface area contributed by atoms with Crippen LogP contribution in [0.5, 0.6) is 0 Å². The number of allylic oxidation sites excluding steroid dienone is 1. The van der Waals surface area contributed by atoms with Crippen molar-refractivity contribution in [2.45, 2.75) is 19.4 Å². The number of pyridine rings is 1. The lowest BCUT2D eigenvalue weighted by Gasteiger charge is -2.30. The van der Waals surface area contributed by atoms with Gasteiger partial charge >= 0.3 is 0 Å². The van der Waals surface area contributed by atoms with Gasteiger partial charge in [-0.2, -0.15) is 0 Å². The highest BCUT2D eigenvalue weighted by Gasteiger charge is 2.18. The number of nitrogens with zero attached hydrogens (tertiary/aromatic N) is 1. The molecule has 1 N–H and O–H groups in total. The van der Waals surface area contributed by atoms with E-state index in [1.54, 1.807) is 6.20 Å². The predicted octanol–water partition coefficient (Wildman–Crippen LogP) is 4.97. The molecule has 1 saturated heterocycles. The first-order valence-corrected chi connectivity index (χ1v) is 10.0. The lowest BCUT2D eigenvalue weighted by Crippen LogP contribution is -2.34. The minimum Gasteiger partial charge on any atom is -0.329 e. The van der Waals surface area contributed by atoms with Crippen molar-refractivity contribution in [3.63, 3.8) is 0 Å². The lowest BCUT2D eigenvalue weighted by molar-refractivity contribution is 0.195. The second-order valence-corrected chi connectivity index (χ2v) is 7.45. The molecular weight excluding hydrogens is 344 g/mol.